The highest BCUT2D eigenvalue weighted by atomic mass is 16.3. The van der Waals surface area contributed by atoms with Crippen molar-refractivity contribution >= 4 is 0 Å². The molecule has 1 aromatic heterocycles. The average Bonchev–Trinajstić information content (AvgIpc) is 2.31. The zero-order valence-corrected chi connectivity index (χ0v) is 8.93. The molecule has 0 fully saturated rings. The van der Waals surface area contributed by atoms with Crippen LogP contribution in [-0.4, -0.2) is 15.1 Å². The molecule has 0 radical (unpaired) electrons. The van der Waals surface area contributed by atoms with Crippen LogP contribution in [0, 0.1) is 5.92 Å². The summed E-state index contributed by atoms with van der Waals surface area (Å²) in [4.78, 5) is 8.15. The van der Waals surface area contributed by atoms with Gasteiger partial charge in [-0.2, -0.15) is 0 Å². The molecule has 1 aromatic rings. The van der Waals surface area contributed by atoms with Gasteiger partial charge >= 0.3 is 0 Å². The smallest absolute Gasteiger partial charge is 0.126 e. The highest BCUT2D eigenvalue weighted by Gasteiger charge is 2.31. The van der Waals surface area contributed by atoms with E-state index in [0.717, 1.165) is 19.3 Å². The van der Waals surface area contributed by atoms with Gasteiger partial charge in [-0.3, -0.25) is 9.97 Å². The van der Waals surface area contributed by atoms with Gasteiger partial charge in [0.2, 0.25) is 0 Å². The van der Waals surface area contributed by atoms with Gasteiger partial charge in [-0.15, -0.1) is 0 Å². The fourth-order valence-corrected chi connectivity index (χ4v) is 1.96. The predicted octanol–water partition coefficient (Wildman–Crippen LogP) is 2.04. The summed E-state index contributed by atoms with van der Waals surface area (Å²) in [6, 6.07) is 0. The predicted molar refractivity (Wildman–Crippen MR) is 58.1 cm³/mol. The van der Waals surface area contributed by atoms with E-state index in [1.165, 1.54) is 0 Å². The zero-order chi connectivity index (χ0) is 10.7. The van der Waals surface area contributed by atoms with Crippen LogP contribution >= 0.6 is 0 Å². The third-order valence-corrected chi connectivity index (χ3v) is 3.07. The Hall–Kier alpha value is -1.22. The summed E-state index contributed by atoms with van der Waals surface area (Å²) >= 11 is 0. The Balaban J connectivity index is 2.23. The molecule has 3 nitrogen and oxygen atoms in total. The lowest BCUT2D eigenvalue weighted by Gasteiger charge is -2.29. The minimum Gasteiger partial charge on any atom is -0.379 e. The van der Waals surface area contributed by atoms with Crippen molar-refractivity contribution in [1.29, 1.82) is 0 Å². The third-order valence-electron chi connectivity index (χ3n) is 3.07. The first-order chi connectivity index (χ1) is 7.24. The molecule has 0 amide bonds. The molecular weight excluding hydrogens is 188 g/mol. The molecule has 0 bridgehead atoms. The number of allylic oxidation sites excluding steroid dienone is 1. The summed E-state index contributed by atoms with van der Waals surface area (Å²) < 4.78 is 0. The Bertz CT molecular complexity index is 350. The summed E-state index contributed by atoms with van der Waals surface area (Å²) in [7, 11) is 0. The Kier molecular flexibility index (Phi) is 2.82. The number of nitrogens with zero attached hydrogens (tertiary/aromatic N) is 2. The van der Waals surface area contributed by atoms with E-state index < -0.39 is 5.60 Å². The van der Waals surface area contributed by atoms with Crippen molar-refractivity contribution in [1.82, 2.24) is 9.97 Å². The Morgan fingerprint density at radius 2 is 2.40 bits per heavy atom. The molecule has 1 N–H and O–H groups in total. The van der Waals surface area contributed by atoms with Gasteiger partial charge in [0, 0.05) is 12.4 Å². The molecule has 80 valence electrons. The third kappa shape index (κ3) is 2.07. The normalized spacial score (nSPS) is 30.4. The van der Waals surface area contributed by atoms with E-state index in [-0.39, 0.29) is 0 Å². The lowest BCUT2D eigenvalue weighted by Crippen LogP contribution is -2.28. The molecule has 0 aliphatic heterocycles. The monoisotopic (exact) mass is 204 g/mol. The van der Waals surface area contributed by atoms with Crippen LogP contribution in [0.25, 0.3) is 0 Å². The first kappa shape index (κ1) is 10.3. The maximum atomic E-state index is 10.4. The van der Waals surface area contributed by atoms with E-state index in [2.05, 4.69) is 23.0 Å². The highest BCUT2D eigenvalue weighted by Crippen LogP contribution is 2.33. The number of hydrogen-bond acceptors (Lipinski definition) is 3. The number of aromatic nitrogens is 2. The van der Waals surface area contributed by atoms with Crippen LogP contribution in [0.3, 0.4) is 0 Å². The molecule has 2 unspecified atom stereocenters. The van der Waals surface area contributed by atoms with Gasteiger partial charge in [0.05, 0.1) is 11.9 Å². The zero-order valence-electron chi connectivity index (χ0n) is 8.93. The van der Waals surface area contributed by atoms with E-state index in [4.69, 9.17) is 0 Å². The molecule has 0 saturated heterocycles. The Morgan fingerprint density at radius 1 is 1.53 bits per heavy atom. The van der Waals surface area contributed by atoms with Crippen LogP contribution in [0.1, 0.15) is 31.9 Å². The molecule has 1 heterocycles. The van der Waals surface area contributed by atoms with E-state index >= 15 is 0 Å². The second-order valence-electron chi connectivity index (χ2n) is 4.08. The summed E-state index contributed by atoms with van der Waals surface area (Å²) in [5, 5.41) is 10.4. The van der Waals surface area contributed by atoms with Crippen LogP contribution in [0.2, 0.25) is 0 Å². The van der Waals surface area contributed by atoms with Gasteiger partial charge in [-0.1, -0.05) is 19.1 Å². The first-order valence-electron chi connectivity index (χ1n) is 5.43. The van der Waals surface area contributed by atoms with E-state index in [9.17, 15) is 5.11 Å². The van der Waals surface area contributed by atoms with Crippen molar-refractivity contribution < 1.29 is 5.11 Å². The summed E-state index contributed by atoms with van der Waals surface area (Å²) in [5.74, 6) is 0.599. The quantitative estimate of drug-likeness (QED) is 0.750. The van der Waals surface area contributed by atoms with Gasteiger partial charge in [0.1, 0.15) is 5.60 Å². The fraction of sp³-hybridized carbons (Fsp3) is 0.500. The molecule has 1 aliphatic carbocycles. The lowest BCUT2D eigenvalue weighted by molar-refractivity contribution is 0.0612. The van der Waals surface area contributed by atoms with Crippen LogP contribution in [0.4, 0.5) is 0 Å². The largest absolute Gasteiger partial charge is 0.379 e. The summed E-state index contributed by atoms with van der Waals surface area (Å²) in [6.45, 7) is 2.17. The van der Waals surface area contributed by atoms with E-state index in [1.807, 2.05) is 6.08 Å². The molecule has 0 aromatic carbocycles. The summed E-state index contributed by atoms with van der Waals surface area (Å²) in [6.07, 6.45) is 11.7. The van der Waals surface area contributed by atoms with Crippen molar-refractivity contribution in [2.45, 2.75) is 31.8 Å². The Labute approximate surface area is 89.9 Å². The maximum absolute atomic E-state index is 10.4. The van der Waals surface area contributed by atoms with Gasteiger partial charge < -0.3 is 5.11 Å². The fourth-order valence-electron chi connectivity index (χ4n) is 1.96. The standard InChI is InChI=1S/C12H16N2O/c1-2-10-3-5-12(15,6-4-10)11-9-13-7-8-14-11/h3,5,7-10,15H,2,4,6H2,1H3. The number of hydrogen-bond donors (Lipinski definition) is 1. The molecule has 2 rings (SSSR count). The highest BCUT2D eigenvalue weighted by molar-refractivity contribution is 5.19. The molecule has 0 spiro atoms. The van der Waals surface area contributed by atoms with Crippen molar-refractivity contribution in [2.24, 2.45) is 5.92 Å². The number of rotatable bonds is 2. The van der Waals surface area contributed by atoms with Crippen LogP contribution < -0.4 is 0 Å². The molecule has 2 atom stereocenters. The van der Waals surface area contributed by atoms with E-state index in [0.29, 0.717) is 11.6 Å². The van der Waals surface area contributed by atoms with Crippen LogP contribution in [0.15, 0.2) is 30.7 Å². The van der Waals surface area contributed by atoms with Crippen molar-refractivity contribution in [3.8, 4) is 0 Å². The first-order valence-corrected chi connectivity index (χ1v) is 5.43. The van der Waals surface area contributed by atoms with Gasteiger partial charge in [0.25, 0.3) is 0 Å². The molecule has 1 aliphatic rings. The maximum Gasteiger partial charge on any atom is 0.126 e. The van der Waals surface area contributed by atoms with Crippen LogP contribution in [0.5, 0.6) is 0 Å². The van der Waals surface area contributed by atoms with Gasteiger partial charge in [0.15, 0.2) is 0 Å². The van der Waals surface area contributed by atoms with Gasteiger partial charge in [-0.05, 0) is 25.2 Å². The SMILES string of the molecule is CCC1C=CC(O)(c2cnccn2)CC1. The lowest BCUT2D eigenvalue weighted by atomic mass is 9.82. The topological polar surface area (TPSA) is 46.0 Å². The number of aliphatic hydroxyl groups is 1. The van der Waals surface area contributed by atoms with Crippen molar-refractivity contribution in [3.63, 3.8) is 0 Å². The van der Waals surface area contributed by atoms with E-state index in [1.54, 1.807) is 18.6 Å². The molecular formula is C12H16N2O. The van der Waals surface area contributed by atoms with Gasteiger partial charge in [-0.25, -0.2) is 0 Å². The minimum atomic E-state index is -0.903. The van der Waals surface area contributed by atoms with Crippen molar-refractivity contribution in [2.75, 3.05) is 0 Å². The minimum absolute atomic E-state index is 0.599. The molecule has 0 saturated carbocycles. The molecule has 3 heteroatoms. The Morgan fingerprint density at radius 3 is 2.93 bits per heavy atom. The average molecular weight is 204 g/mol. The molecule has 15 heavy (non-hydrogen) atoms. The van der Waals surface area contributed by atoms with Crippen LogP contribution in [-0.2, 0) is 5.60 Å². The second-order valence-corrected chi connectivity index (χ2v) is 4.08. The van der Waals surface area contributed by atoms with Crippen molar-refractivity contribution in [3.05, 3.63) is 36.4 Å². The second kappa shape index (κ2) is 4.11. The summed E-state index contributed by atoms with van der Waals surface area (Å²) in [5.41, 5.74) is -0.254.